The van der Waals surface area contributed by atoms with E-state index in [2.05, 4.69) is 20.5 Å². The summed E-state index contributed by atoms with van der Waals surface area (Å²) >= 11 is 0. The number of hydrogen-bond donors (Lipinski definition) is 2. The van der Waals surface area contributed by atoms with E-state index in [4.69, 9.17) is 4.98 Å². The van der Waals surface area contributed by atoms with Gasteiger partial charge < -0.3 is 15.5 Å². The molecule has 1 amide bonds. The van der Waals surface area contributed by atoms with E-state index >= 15 is 0 Å². The standard InChI is InChI=1S/C15H23N5O/c1-9-12(16-2)18-13(10-6-7-10)19-14(9)20-8-4-5-11(20)15(21)17-3/h10-11H,4-8H2,1-3H3,(H,17,21)(H,16,18,19). The highest BCUT2D eigenvalue weighted by atomic mass is 16.2. The van der Waals surface area contributed by atoms with Gasteiger partial charge in [0.05, 0.1) is 0 Å². The molecule has 114 valence electrons. The summed E-state index contributed by atoms with van der Waals surface area (Å²) in [5, 5.41) is 5.93. The minimum Gasteiger partial charge on any atom is -0.373 e. The van der Waals surface area contributed by atoms with Crippen LogP contribution >= 0.6 is 0 Å². The number of likely N-dealkylation sites (N-methyl/N-ethyl adjacent to an activating group) is 1. The number of amides is 1. The second-order valence-corrected chi connectivity index (χ2v) is 5.87. The van der Waals surface area contributed by atoms with Crippen molar-refractivity contribution >= 4 is 17.5 Å². The average Bonchev–Trinajstić information content (AvgIpc) is 3.24. The van der Waals surface area contributed by atoms with Crippen LogP contribution in [0.25, 0.3) is 0 Å². The van der Waals surface area contributed by atoms with Gasteiger partial charge >= 0.3 is 0 Å². The molecule has 1 aliphatic carbocycles. The molecular weight excluding hydrogens is 266 g/mol. The molecule has 1 aromatic rings. The Hall–Kier alpha value is -1.85. The van der Waals surface area contributed by atoms with Gasteiger partial charge in [0, 0.05) is 32.1 Å². The lowest BCUT2D eigenvalue weighted by molar-refractivity contribution is -0.121. The third-order valence-corrected chi connectivity index (χ3v) is 4.39. The van der Waals surface area contributed by atoms with Gasteiger partial charge in [-0.2, -0.15) is 0 Å². The molecule has 2 N–H and O–H groups in total. The molecule has 21 heavy (non-hydrogen) atoms. The first-order chi connectivity index (χ1) is 10.2. The summed E-state index contributed by atoms with van der Waals surface area (Å²) in [5.41, 5.74) is 1.03. The van der Waals surface area contributed by atoms with Gasteiger partial charge in [0.25, 0.3) is 0 Å². The lowest BCUT2D eigenvalue weighted by Crippen LogP contribution is -2.42. The Balaban J connectivity index is 1.99. The summed E-state index contributed by atoms with van der Waals surface area (Å²) in [4.78, 5) is 23.6. The van der Waals surface area contributed by atoms with Crippen molar-refractivity contribution in [3.63, 3.8) is 0 Å². The predicted octanol–water partition coefficient (Wildman–Crippen LogP) is 1.42. The number of nitrogens with zero attached hydrogens (tertiary/aromatic N) is 3. The van der Waals surface area contributed by atoms with E-state index in [0.717, 1.165) is 42.4 Å². The third-order valence-electron chi connectivity index (χ3n) is 4.39. The SMILES string of the molecule is CNC(=O)C1CCCN1c1nc(C2CC2)nc(NC)c1C. The molecule has 1 unspecified atom stereocenters. The van der Waals surface area contributed by atoms with Crippen LogP contribution in [0.15, 0.2) is 0 Å². The lowest BCUT2D eigenvalue weighted by Gasteiger charge is -2.27. The van der Waals surface area contributed by atoms with Crippen molar-refractivity contribution in [1.82, 2.24) is 15.3 Å². The lowest BCUT2D eigenvalue weighted by atomic mass is 10.2. The molecular formula is C15H23N5O. The molecule has 0 aromatic carbocycles. The summed E-state index contributed by atoms with van der Waals surface area (Å²) < 4.78 is 0. The van der Waals surface area contributed by atoms with Crippen LogP contribution in [0.4, 0.5) is 11.6 Å². The van der Waals surface area contributed by atoms with Crippen molar-refractivity contribution in [2.24, 2.45) is 0 Å². The summed E-state index contributed by atoms with van der Waals surface area (Å²) in [6.07, 6.45) is 4.25. The molecule has 1 aromatic heterocycles. The van der Waals surface area contributed by atoms with Gasteiger partial charge in [0.2, 0.25) is 5.91 Å². The van der Waals surface area contributed by atoms with E-state index in [-0.39, 0.29) is 11.9 Å². The highest BCUT2D eigenvalue weighted by Gasteiger charge is 2.34. The van der Waals surface area contributed by atoms with E-state index < -0.39 is 0 Å². The summed E-state index contributed by atoms with van der Waals surface area (Å²) in [6.45, 7) is 2.90. The maximum absolute atomic E-state index is 12.1. The largest absolute Gasteiger partial charge is 0.373 e. The van der Waals surface area contributed by atoms with Crippen molar-refractivity contribution in [3.8, 4) is 0 Å². The minimum absolute atomic E-state index is 0.0736. The predicted molar refractivity (Wildman–Crippen MR) is 82.7 cm³/mol. The number of rotatable bonds is 4. The molecule has 0 radical (unpaired) electrons. The Morgan fingerprint density at radius 1 is 1.24 bits per heavy atom. The molecule has 0 bridgehead atoms. The Bertz CT molecular complexity index is 555. The van der Waals surface area contributed by atoms with Gasteiger partial charge in [-0.05, 0) is 32.6 Å². The number of carbonyl (C=O) groups excluding carboxylic acids is 1. The highest BCUT2D eigenvalue weighted by Crippen LogP contribution is 2.40. The number of aromatic nitrogens is 2. The van der Waals surface area contributed by atoms with Gasteiger partial charge in [-0.3, -0.25) is 4.79 Å². The molecule has 2 heterocycles. The number of hydrogen-bond acceptors (Lipinski definition) is 5. The second kappa shape index (κ2) is 5.50. The molecule has 1 atom stereocenters. The fourth-order valence-corrected chi connectivity index (χ4v) is 3.03. The first kappa shape index (κ1) is 14.1. The maximum Gasteiger partial charge on any atom is 0.242 e. The van der Waals surface area contributed by atoms with Crippen molar-refractivity contribution in [2.45, 2.75) is 44.6 Å². The van der Waals surface area contributed by atoms with Crippen molar-refractivity contribution in [2.75, 3.05) is 30.9 Å². The first-order valence-electron chi connectivity index (χ1n) is 7.70. The summed E-state index contributed by atoms with van der Waals surface area (Å²) in [7, 11) is 3.58. The van der Waals surface area contributed by atoms with E-state index in [1.165, 1.54) is 12.8 Å². The summed E-state index contributed by atoms with van der Waals surface area (Å²) in [5.74, 6) is 3.29. The van der Waals surface area contributed by atoms with E-state index in [0.29, 0.717) is 5.92 Å². The molecule has 6 nitrogen and oxygen atoms in total. The van der Waals surface area contributed by atoms with Crippen molar-refractivity contribution < 1.29 is 4.79 Å². The zero-order valence-electron chi connectivity index (χ0n) is 12.9. The van der Waals surface area contributed by atoms with Gasteiger partial charge in [-0.1, -0.05) is 0 Å². The molecule has 2 fully saturated rings. The van der Waals surface area contributed by atoms with Gasteiger partial charge in [0.1, 0.15) is 23.5 Å². The van der Waals surface area contributed by atoms with Crippen molar-refractivity contribution in [1.29, 1.82) is 0 Å². The van der Waals surface area contributed by atoms with Crippen LogP contribution in [0, 0.1) is 6.92 Å². The monoisotopic (exact) mass is 289 g/mol. The Labute approximate surface area is 125 Å². The van der Waals surface area contributed by atoms with E-state index in [1.54, 1.807) is 7.05 Å². The molecule has 6 heteroatoms. The van der Waals surface area contributed by atoms with Gasteiger partial charge in [0.15, 0.2) is 0 Å². The zero-order chi connectivity index (χ0) is 15.0. The molecule has 1 saturated heterocycles. The van der Waals surface area contributed by atoms with Crippen LogP contribution in [-0.2, 0) is 4.79 Å². The minimum atomic E-state index is -0.111. The molecule has 2 aliphatic rings. The quantitative estimate of drug-likeness (QED) is 0.877. The normalized spacial score (nSPS) is 21.5. The Kier molecular flexibility index (Phi) is 3.69. The third kappa shape index (κ3) is 2.54. The topological polar surface area (TPSA) is 70.2 Å². The van der Waals surface area contributed by atoms with Crippen LogP contribution in [0.5, 0.6) is 0 Å². The second-order valence-electron chi connectivity index (χ2n) is 5.87. The first-order valence-corrected chi connectivity index (χ1v) is 7.70. The average molecular weight is 289 g/mol. The van der Waals surface area contributed by atoms with Crippen LogP contribution < -0.4 is 15.5 Å². The van der Waals surface area contributed by atoms with Crippen LogP contribution in [-0.4, -0.2) is 42.6 Å². The van der Waals surface area contributed by atoms with Gasteiger partial charge in [-0.15, -0.1) is 0 Å². The Morgan fingerprint density at radius 2 is 2.00 bits per heavy atom. The van der Waals surface area contributed by atoms with E-state index in [9.17, 15) is 4.79 Å². The molecule has 1 aliphatic heterocycles. The number of anilines is 2. The van der Waals surface area contributed by atoms with Crippen molar-refractivity contribution in [3.05, 3.63) is 11.4 Å². The number of nitrogens with one attached hydrogen (secondary N) is 2. The van der Waals surface area contributed by atoms with Crippen LogP contribution in [0.2, 0.25) is 0 Å². The van der Waals surface area contributed by atoms with Gasteiger partial charge in [-0.25, -0.2) is 9.97 Å². The molecule has 0 spiro atoms. The van der Waals surface area contributed by atoms with Crippen LogP contribution in [0.3, 0.4) is 0 Å². The zero-order valence-corrected chi connectivity index (χ0v) is 12.9. The maximum atomic E-state index is 12.1. The summed E-state index contributed by atoms with van der Waals surface area (Å²) in [6, 6.07) is -0.111. The molecule has 3 rings (SSSR count). The number of carbonyl (C=O) groups is 1. The fourth-order valence-electron chi connectivity index (χ4n) is 3.03. The smallest absolute Gasteiger partial charge is 0.242 e. The van der Waals surface area contributed by atoms with E-state index in [1.807, 2.05) is 14.0 Å². The highest BCUT2D eigenvalue weighted by molar-refractivity contribution is 5.85. The fraction of sp³-hybridized carbons (Fsp3) is 0.667. The van der Waals surface area contributed by atoms with Crippen LogP contribution in [0.1, 0.15) is 43.0 Å². The Morgan fingerprint density at radius 3 is 2.62 bits per heavy atom. The molecule has 1 saturated carbocycles.